The summed E-state index contributed by atoms with van der Waals surface area (Å²) >= 11 is 0. The Morgan fingerprint density at radius 1 is 0.821 bits per heavy atom. The molecule has 4 aromatic rings. The lowest BCUT2D eigenvalue weighted by Gasteiger charge is -2.24. The van der Waals surface area contributed by atoms with Gasteiger partial charge < -0.3 is 4.90 Å². The molecule has 0 aliphatic heterocycles. The summed E-state index contributed by atoms with van der Waals surface area (Å²) in [5.74, 6) is -0.0861. The van der Waals surface area contributed by atoms with Crippen molar-refractivity contribution in [1.29, 1.82) is 0 Å². The number of carbonyl (C=O) groups excluding carboxylic acids is 1. The van der Waals surface area contributed by atoms with Crippen LogP contribution in [0.4, 0.5) is 0 Å². The molecule has 0 aliphatic carbocycles. The number of hydrogen-bond acceptors (Lipinski definition) is 5. The van der Waals surface area contributed by atoms with Gasteiger partial charge in [0.1, 0.15) is 12.7 Å². The van der Waals surface area contributed by atoms with Gasteiger partial charge in [0, 0.05) is 37.9 Å². The molecule has 1 aromatic carbocycles. The number of rotatable bonds is 6. The number of amides is 1. The van der Waals surface area contributed by atoms with Crippen LogP contribution in [0.2, 0.25) is 0 Å². The molecule has 0 fully saturated rings. The Hall–Kier alpha value is -3.87. The number of carbonyl (C=O) groups is 1. The molecule has 0 saturated carbocycles. The van der Waals surface area contributed by atoms with E-state index >= 15 is 0 Å². The minimum atomic E-state index is -0.0861. The molecule has 3 aromatic heterocycles. The van der Waals surface area contributed by atoms with Crippen molar-refractivity contribution in [1.82, 2.24) is 29.6 Å². The number of pyridine rings is 2. The summed E-state index contributed by atoms with van der Waals surface area (Å²) in [5, 5.41) is 7.70. The second-order valence-electron chi connectivity index (χ2n) is 6.27. The van der Waals surface area contributed by atoms with Gasteiger partial charge in [-0.05, 0) is 35.4 Å². The number of para-hydroxylation sites is 1. The fourth-order valence-electron chi connectivity index (χ4n) is 3.00. The van der Waals surface area contributed by atoms with E-state index in [1.54, 1.807) is 46.9 Å². The second-order valence-corrected chi connectivity index (χ2v) is 6.27. The van der Waals surface area contributed by atoms with Crippen molar-refractivity contribution < 1.29 is 4.79 Å². The lowest BCUT2D eigenvalue weighted by Crippen LogP contribution is -2.31. The van der Waals surface area contributed by atoms with Crippen LogP contribution in [0.15, 0.2) is 86.0 Å². The van der Waals surface area contributed by atoms with Gasteiger partial charge in [0.05, 0.1) is 11.3 Å². The van der Waals surface area contributed by atoms with Gasteiger partial charge in [0.25, 0.3) is 5.91 Å². The molecule has 0 N–H and O–H groups in total. The van der Waals surface area contributed by atoms with E-state index in [9.17, 15) is 4.79 Å². The second kappa shape index (κ2) is 8.22. The van der Waals surface area contributed by atoms with E-state index in [4.69, 9.17) is 0 Å². The van der Waals surface area contributed by atoms with Crippen molar-refractivity contribution in [2.45, 2.75) is 13.1 Å². The van der Waals surface area contributed by atoms with Crippen LogP contribution >= 0.6 is 0 Å². The molecule has 0 atom stereocenters. The third-order valence-electron chi connectivity index (χ3n) is 4.31. The standard InChI is InChI=1S/C21H18N6O/c28-21(19-7-1-2-8-20(19)27-15-24-25-16-27)26(13-17-5-3-9-22-11-17)14-18-6-4-10-23-12-18/h1-12,15-16H,13-14H2. The van der Waals surface area contributed by atoms with E-state index < -0.39 is 0 Å². The predicted octanol–water partition coefficient (Wildman–Crippen LogP) is 2.90. The molecule has 138 valence electrons. The summed E-state index contributed by atoms with van der Waals surface area (Å²) in [6.07, 6.45) is 10.2. The van der Waals surface area contributed by atoms with Gasteiger partial charge in [0.2, 0.25) is 0 Å². The predicted molar refractivity (Wildman–Crippen MR) is 103 cm³/mol. The van der Waals surface area contributed by atoms with Gasteiger partial charge in [-0.25, -0.2) is 0 Å². The topological polar surface area (TPSA) is 76.8 Å². The Morgan fingerprint density at radius 2 is 1.43 bits per heavy atom. The van der Waals surface area contributed by atoms with Crippen LogP contribution in [0.25, 0.3) is 5.69 Å². The molecule has 28 heavy (non-hydrogen) atoms. The van der Waals surface area contributed by atoms with Crippen LogP contribution in [0.1, 0.15) is 21.5 Å². The lowest BCUT2D eigenvalue weighted by atomic mass is 10.1. The molecule has 0 unspecified atom stereocenters. The molecular formula is C21H18N6O. The van der Waals surface area contributed by atoms with E-state index in [0.29, 0.717) is 18.7 Å². The van der Waals surface area contributed by atoms with Crippen LogP contribution < -0.4 is 0 Å². The first-order chi connectivity index (χ1) is 13.8. The summed E-state index contributed by atoms with van der Waals surface area (Å²) in [7, 11) is 0. The average Bonchev–Trinajstić information content (AvgIpc) is 3.29. The molecule has 0 aliphatic rings. The molecule has 0 bridgehead atoms. The molecular weight excluding hydrogens is 352 g/mol. The Morgan fingerprint density at radius 3 is 2.00 bits per heavy atom. The van der Waals surface area contributed by atoms with E-state index in [1.807, 2.05) is 48.5 Å². The van der Waals surface area contributed by atoms with E-state index in [2.05, 4.69) is 20.2 Å². The molecule has 0 spiro atoms. The van der Waals surface area contributed by atoms with Crippen molar-refractivity contribution in [3.8, 4) is 5.69 Å². The minimum absolute atomic E-state index is 0.0861. The van der Waals surface area contributed by atoms with Crippen molar-refractivity contribution in [3.63, 3.8) is 0 Å². The zero-order valence-electron chi connectivity index (χ0n) is 15.1. The molecule has 7 nitrogen and oxygen atoms in total. The lowest BCUT2D eigenvalue weighted by molar-refractivity contribution is 0.0729. The minimum Gasteiger partial charge on any atom is -0.330 e. The summed E-state index contributed by atoms with van der Waals surface area (Å²) in [6.45, 7) is 0.885. The van der Waals surface area contributed by atoms with Crippen LogP contribution in [-0.2, 0) is 13.1 Å². The molecule has 7 heteroatoms. The van der Waals surface area contributed by atoms with Crippen molar-refractivity contribution in [2.75, 3.05) is 0 Å². The maximum Gasteiger partial charge on any atom is 0.256 e. The van der Waals surface area contributed by atoms with E-state index in [-0.39, 0.29) is 5.91 Å². The first-order valence-corrected chi connectivity index (χ1v) is 8.82. The highest BCUT2D eigenvalue weighted by Gasteiger charge is 2.20. The third kappa shape index (κ3) is 3.93. The monoisotopic (exact) mass is 370 g/mol. The Labute approximate surface area is 162 Å². The normalized spacial score (nSPS) is 10.6. The van der Waals surface area contributed by atoms with Crippen LogP contribution in [-0.4, -0.2) is 35.5 Å². The molecule has 0 radical (unpaired) electrons. The largest absolute Gasteiger partial charge is 0.330 e. The Kier molecular flexibility index (Phi) is 5.15. The maximum atomic E-state index is 13.5. The SMILES string of the molecule is O=C(c1ccccc1-n1cnnc1)N(Cc1cccnc1)Cc1cccnc1. The fraction of sp³-hybridized carbons (Fsp3) is 0.0952. The highest BCUT2D eigenvalue weighted by molar-refractivity contribution is 5.97. The summed E-state index contributed by atoms with van der Waals surface area (Å²) in [5.41, 5.74) is 3.23. The molecule has 4 rings (SSSR count). The summed E-state index contributed by atoms with van der Waals surface area (Å²) in [4.78, 5) is 23.6. The first kappa shape index (κ1) is 17.5. The van der Waals surface area contributed by atoms with Crippen LogP contribution in [0.3, 0.4) is 0 Å². The zero-order chi connectivity index (χ0) is 19.2. The Balaban J connectivity index is 1.69. The molecule has 0 saturated heterocycles. The number of hydrogen-bond donors (Lipinski definition) is 0. The smallest absolute Gasteiger partial charge is 0.256 e. The average molecular weight is 370 g/mol. The van der Waals surface area contributed by atoms with Gasteiger partial charge in [-0.1, -0.05) is 24.3 Å². The quantitative estimate of drug-likeness (QED) is 0.522. The van der Waals surface area contributed by atoms with Crippen LogP contribution in [0, 0.1) is 0 Å². The van der Waals surface area contributed by atoms with Crippen molar-refractivity contribution >= 4 is 5.91 Å². The maximum absolute atomic E-state index is 13.5. The first-order valence-electron chi connectivity index (χ1n) is 8.82. The fourth-order valence-corrected chi connectivity index (χ4v) is 3.00. The molecule has 3 heterocycles. The summed E-state index contributed by atoms with van der Waals surface area (Å²) < 4.78 is 1.74. The zero-order valence-corrected chi connectivity index (χ0v) is 15.1. The van der Waals surface area contributed by atoms with Crippen molar-refractivity contribution in [2.24, 2.45) is 0 Å². The number of benzene rings is 1. The van der Waals surface area contributed by atoms with Gasteiger partial charge >= 0.3 is 0 Å². The highest BCUT2D eigenvalue weighted by Crippen LogP contribution is 2.19. The van der Waals surface area contributed by atoms with Gasteiger partial charge in [0.15, 0.2) is 0 Å². The van der Waals surface area contributed by atoms with Crippen molar-refractivity contribution in [3.05, 3.63) is 103 Å². The molecule has 1 amide bonds. The van der Waals surface area contributed by atoms with Gasteiger partial charge in [-0.2, -0.15) is 0 Å². The van der Waals surface area contributed by atoms with E-state index in [0.717, 1.165) is 16.8 Å². The summed E-state index contributed by atoms with van der Waals surface area (Å²) in [6, 6.07) is 15.1. The van der Waals surface area contributed by atoms with Gasteiger partial charge in [-0.15, -0.1) is 10.2 Å². The number of nitrogens with zero attached hydrogens (tertiary/aromatic N) is 6. The van der Waals surface area contributed by atoms with Crippen LogP contribution in [0.5, 0.6) is 0 Å². The van der Waals surface area contributed by atoms with E-state index in [1.165, 1.54) is 0 Å². The van der Waals surface area contributed by atoms with Gasteiger partial charge in [-0.3, -0.25) is 19.3 Å². The Bertz CT molecular complexity index is 993. The number of aromatic nitrogens is 5. The highest BCUT2D eigenvalue weighted by atomic mass is 16.2. The third-order valence-corrected chi connectivity index (χ3v) is 4.31.